The predicted molar refractivity (Wildman–Crippen MR) is 48.8 cm³/mol. The molecular weight excluding hydrogens is 138 g/mol. The van der Waals surface area contributed by atoms with Crippen molar-refractivity contribution in [2.45, 2.75) is 20.3 Å². The van der Waals surface area contributed by atoms with E-state index in [1.54, 1.807) is 0 Å². The van der Waals surface area contributed by atoms with Gasteiger partial charge in [-0.05, 0) is 26.4 Å². The lowest BCUT2D eigenvalue weighted by Gasteiger charge is -1.95. The van der Waals surface area contributed by atoms with Crippen molar-refractivity contribution in [1.82, 2.24) is 5.32 Å². The molecule has 0 spiro atoms. The number of hydrogen-bond acceptors (Lipinski definition) is 2. The standard InChI is InChI=1S/C9H19NO/c1-3-10-8-6-5-7-9-11-4-2/h5,7,10H,3-4,6,8-9H2,1-2H3. The molecule has 0 radical (unpaired) electrons. The van der Waals surface area contributed by atoms with E-state index in [0.717, 1.165) is 32.7 Å². The van der Waals surface area contributed by atoms with E-state index in [0.29, 0.717) is 0 Å². The minimum absolute atomic E-state index is 0.753. The normalized spacial score (nSPS) is 11.1. The van der Waals surface area contributed by atoms with E-state index in [1.807, 2.05) is 6.92 Å². The maximum atomic E-state index is 5.13. The molecule has 2 heteroatoms. The lowest BCUT2D eigenvalue weighted by Crippen LogP contribution is -2.12. The average molecular weight is 157 g/mol. The third-order valence-electron chi connectivity index (χ3n) is 1.32. The summed E-state index contributed by atoms with van der Waals surface area (Å²) in [5.74, 6) is 0. The molecule has 0 atom stereocenters. The van der Waals surface area contributed by atoms with Crippen LogP contribution in [0.2, 0.25) is 0 Å². The zero-order chi connectivity index (χ0) is 8.36. The van der Waals surface area contributed by atoms with E-state index >= 15 is 0 Å². The number of hydrogen-bond donors (Lipinski definition) is 1. The Labute approximate surface area is 69.6 Å². The van der Waals surface area contributed by atoms with Crippen LogP contribution in [-0.4, -0.2) is 26.3 Å². The molecule has 0 aromatic rings. The summed E-state index contributed by atoms with van der Waals surface area (Å²) < 4.78 is 5.13. The summed E-state index contributed by atoms with van der Waals surface area (Å²) >= 11 is 0. The monoisotopic (exact) mass is 157 g/mol. The van der Waals surface area contributed by atoms with Crippen LogP contribution in [0.4, 0.5) is 0 Å². The van der Waals surface area contributed by atoms with E-state index in [-0.39, 0.29) is 0 Å². The summed E-state index contributed by atoms with van der Waals surface area (Å²) in [4.78, 5) is 0. The van der Waals surface area contributed by atoms with Gasteiger partial charge in [-0.1, -0.05) is 19.1 Å². The third-order valence-corrected chi connectivity index (χ3v) is 1.32. The number of rotatable bonds is 7. The molecule has 0 aliphatic rings. The highest BCUT2D eigenvalue weighted by Crippen LogP contribution is 1.81. The highest BCUT2D eigenvalue weighted by Gasteiger charge is 1.79. The summed E-state index contributed by atoms with van der Waals surface area (Å²) in [6.45, 7) is 7.80. The summed E-state index contributed by atoms with van der Waals surface area (Å²) in [6.07, 6.45) is 5.32. The largest absolute Gasteiger partial charge is 0.378 e. The van der Waals surface area contributed by atoms with Crippen molar-refractivity contribution in [1.29, 1.82) is 0 Å². The van der Waals surface area contributed by atoms with E-state index < -0.39 is 0 Å². The fourth-order valence-corrected chi connectivity index (χ4v) is 0.734. The molecule has 0 amide bonds. The quantitative estimate of drug-likeness (QED) is 0.447. The summed E-state index contributed by atoms with van der Waals surface area (Å²) in [7, 11) is 0. The smallest absolute Gasteiger partial charge is 0.0647 e. The lowest BCUT2D eigenvalue weighted by molar-refractivity contribution is 0.177. The third kappa shape index (κ3) is 9.66. The molecule has 0 heterocycles. The van der Waals surface area contributed by atoms with Crippen LogP contribution in [0.1, 0.15) is 20.3 Å². The van der Waals surface area contributed by atoms with E-state index in [1.165, 1.54) is 0 Å². The van der Waals surface area contributed by atoms with Gasteiger partial charge < -0.3 is 10.1 Å². The molecular formula is C9H19NO. The van der Waals surface area contributed by atoms with Crippen LogP contribution in [0.15, 0.2) is 12.2 Å². The molecule has 2 nitrogen and oxygen atoms in total. The van der Waals surface area contributed by atoms with E-state index in [2.05, 4.69) is 24.4 Å². The molecule has 0 bridgehead atoms. The first-order valence-corrected chi connectivity index (χ1v) is 4.35. The van der Waals surface area contributed by atoms with Gasteiger partial charge in [0, 0.05) is 6.61 Å². The van der Waals surface area contributed by atoms with Crippen LogP contribution in [0.5, 0.6) is 0 Å². The van der Waals surface area contributed by atoms with Gasteiger partial charge in [0.25, 0.3) is 0 Å². The fraction of sp³-hybridized carbons (Fsp3) is 0.778. The Morgan fingerprint density at radius 1 is 1.27 bits per heavy atom. The zero-order valence-corrected chi connectivity index (χ0v) is 7.60. The van der Waals surface area contributed by atoms with Crippen molar-refractivity contribution in [2.24, 2.45) is 0 Å². The van der Waals surface area contributed by atoms with Gasteiger partial charge in [-0.25, -0.2) is 0 Å². The summed E-state index contributed by atoms with van der Waals surface area (Å²) in [5.41, 5.74) is 0. The molecule has 11 heavy (non-hydrogen) atoms. The predicted octanol–water partition coefficient (Wildman–Crippen LogP) is 1.58. The molecule has 0 saturated heterocycles. The number of ether oxygens (including phenoxy) is 1. The Kier molecular flexibility index (Phi) is 9.36. The topological polar surface area (TPSA) is 21.3 Å². The number of nitrogens with one attached hydrogen (secondary N) is 1. The minimum atomic E-state index is 0.753. The van der Waals surface area contributed by atoms with E-state index in [9.17, 15) is 0 Å². The molecule has 0 saturated carbocycles. The second kappa shape index (κ2) is 9.66. The Balaban J connectivity index is 2.91. The average Bonchev–Trinajstić information content (AvgIpc) is 2.03. The molecule has 1 N–H and O–H groups in total. The molecule has 0 rings (SSSR count). The van der Waals surface area contributed by atoms with Crippen LogP contribution in [0.3, 0.4) is 0 Å². The Morgan fingerprint density at radius 3 is 2.73 bits per heavy atom. The first kappa shape index (κ1) is 10.7. The molecule has 66 valence electrons. The van der Waals surface area contributed by atoms with Crippen LogP contribution in [0.25, 0.3) is 0 Å². The van der Waals surface area contributed by atoms with Crippen LogP contribution in [-0.2, 0) is 4.74 Å². The van der Waals surface area contributed by atoms with Crippen molar-refractivity contribution < 1.29 is 4.74 Å². The summed E-state index contributed by atoms with van der Waals surface area (Å²) in [5, 5.41) is 3.25. The highest BCUT2D eigenvalue weighted by molar-refractivity contribution is 4.81. The van der Waals surface area contributed by atoms with Crippen LogP contribution in [0, 0.1) is 0 Å². The van der Waals surface area contributed by atoms with Gasteiger partial charge in [0.1, 0.15) is 0 Å². The Morgan fingerprint density at radius 2 is 2.09 bits per heavy atom. The van der Waals surface area contributed by atoms with Crippen LogP contribution >= 0.6 is 0 Å². The van der Waals surface area contributed by atoms with Gasteiger partial charge in [0.2, 0.25) is 0 Å². The molecule has 0 aromatic heterocycles. The summed E-state index contributed by atoms with van der Waals surface area (Å²) in [6, 6.07) is 0. The SMILES string of the molecule is CCNCCC=CCOCC. The van der Waals surface area contributed by atoms with E-state index in [4.69, 9.17) is 4.74 Å². The van der Waals surface area contributed by atoms with Gasteiger partial charge >= 0.3 is 0 Å². The highest BCUT2D eigenvalue weighted by atomic mass is 16.5. The minimum Gasteiger partial charge on any atom is -0.378 e. The Bertz CT molecular complexity index is 91.6. The maximum absolute atomic E-state index is 5.13. The fourth-order valence-electron chi connectivity index (χ4n) is 0.734. The van der Waals surface area contributed by atoms with Crippen LogP contribution < -0.4 is 5.32 Å². The molecule has 0 aliphatic heterocycles. The van der Waals surface area contributed by atoms with Gasteiger partial charge in [0.05, 0.1) is 6.61 Å². The molecule has 0 unspecified atom stereocenters. The van der Waals surface area contributed by atoms with Gasteiger partial charge in [-0.2, -0.15) is 0 Å². The Hall–Kier alpha value is -0.340. The first-order chi connectivity index (χ1) is 5.41. The lowest BCUT2D eigenvalue weighted by atomic mass is 10.4. The maximum Gasteiger partial charge on any atom is 0.0647 e. The van der Waals surface area contributed by atoms with Crippen molar-refractivity contribution in [3.05, 3.63) is 12.2 Å². The van der Waals surface area contributed by atoms with Gasteiger partial charge in [-0.15, -0.1) is 0 Å². The van der Waals surface area contributed by atoms with Crippen molar-refractivity contribution in [3.63, 3.8) is 0 Å². The molecule has 0 aromatic carbocycles. The zero-order valence-electron chi connectivity index (χ0n) is 7.60. The van der Waals surface area contributed by atoms with Crippen molar-refractivity contribution in [3.8, 4) is 0 Å². The van der Waals surface area contributed by atoms with Gasteiger partial charge in [0.15, 0.2) is 0 Å². The molecule has 0 aliphatic carbocycles. The van der Waals surface area contributed by atoms with Crippen molar-refractivity contribution >= 4 is 0 Å². The second-order valence-electron chi connectivity index (χ2n) is 2.27. The van der Waals surface area contributed by atoms with Crippen molar-refractivity contribution in [2.75, 3.05) is 26.3 Å². The second-order valence-corrected chi connectivity index (χ2v) is 2.27. The first-order valence-electron chi connectivity index (χ1n) is 4.35. The molecule has 0 fully saturated rings. The van der Waals surface area contributed by atoms with Gasteiger partial charge in [-0.3, -0.25) is 0 Å².